The molecule has 2 rings (SSSR count). The molecule has 0 spiro atoms. The second-order valence-electron chi connectivity index (χ2n) is 4.72. The standard InChI is InChI=1S/C17H20FNO/c1-4-16(19-2)14-7-5-6-12(10-14)13-8-9-17(20-3)15(18)11-13/h5-11,16,19H,4H2,1-3H3. The van der Waals surface area contributed by atoms with E-state index in [1.54, 1.807) is 6.07 Å². The summed E-state index contributed by atoms with van der Waals surface area (Å²) in [5.74, 6) is -0.0670. The average Bonchev–Trinajstić information content (AvgIpc) is 2.49. The van der Waals surface area contributed by atoms with E-state index in [1.807, 2.05) is 25.2 Å². The summed E-state index contributed by atoms with van der Waals surface area (Å²) in [5.41, 5.74) is 3.08. The number of methoxy groups -OCH3 is 1. The predicted molar refractivity (Wildman–Crippen MR) is 80.5 cm³/mol. The average molecular weight is 273 g/mol. The van der Waals surface area contributed by atoms with Crippen LogP contribution in [0.15, 0.2) is 42.5 Å². The van der Waals surface area contributed by atoms with E-state index in [-0.39, 0.29) is 11.6 Å². The van der Waals surface area contributed by atoms with Crippen LogP contribution in [-0.2, 0) is 0 Å². The summed E-state index contributed by atoms with van der Waals surface area (Å²) in [4.78, 5) is 0. The monoisotopic (exact) mass is 273 g/mol. The fourth-order valence-corrected chi connectivity index (χ4v) is 2.39. The van der Waals surface area contributed by atoms with Crippen molar-refractivity contribution in [3.05, 3.63) is 53.8 Å². The van der Waals surface area contributed by atoms with Gasteiger partial charge in [-0.3, -0.25) is 0 Å². The van der Waals surface area contributed by atoms with Crippen molar-refractivity contribution in [3.63, 3.8) is 0 Å². The van der Waals surface area contributed by atoms with Crippen molar-refractivity contribution >= 4 is 0 Å². The zero-order valence-corrected chi connectivity index (χ0v) is 12.1. The van der Waals surface area contributed by atoms with Gasteiger partial charge in [-0.05, 0) is 48.4 Å². The topological polar surface area (TPSA) is 21.3 Å². The highest BCUT2D eigenvalue weighted by molar-refractivity contribution is 5.65. The second-order valence-corrected chi connectivity index (χ2v) is 4.72. The van der Waals surface area contributed by atoms with Crippen LogP contribution < -0.4 is 10.1 Å². The number of halogens is 1. The van der Waals surface area contributed by atoms with E-state index >= 15 is 0 Å². The first kappa shape index (κ1) is 14.5. The molecule has 0 aliphatic rings. The van der Waals surface area contributed by atoms with E-state index < -0.39 is 0 Å². The van der Waals surface area contributed by atoms with E-state index in [1.165, 1.54) is 18.7 Å². The Labute approximate surface area is 119 Å². The van der Waals surface area contributed by atoms with Crippen LogP contribution in [0.4, 0.5) is 4.39 Å². The van der Waals surface area contributed by atoms with Crippen LogP contribution >= 0.6 is 0 Å². The summed E-state index contributed by atoms with van der Waals surface area (Å²) in [5, 5.41) is 3.28. The molecule has 0 radical (unpaired) electrons. The molecule has 2 aromatic rings. The maximum atomic E-state index is 13.8. The van der Waals surface area contributed by atoms with E-state index in [0.717, 1.165) is 17.5 Å². The van der Waals surface area contributed by atoms with Crippen LogP contribution in [0, 0.1) is 5.82 Å². The molecular formula is C17H20FNO. The normalized spacial score (nSPS) is 12.2. The molecule has 1 unspecified atom stereocenters. The molecule has 0 amide bonds. The Hall–Kier alpha value is -1.87. The molecule has 2 nitrogen and oxygen atoms in total. The molecule has 1 N–H and O–H groups in total. The third-order valence-corrected chi connectivity index (χ3v) is 3.53. The molecule has 1 atom stereocenters. The van der Waals surface area contributed by atoms with E-state index in [0.29, 0.717) is 6.04 Å². The molecule has 0 aromatic heterocycles. The van der Waals surface area contributed by atoms with Gasteiger partial charge >= 0.3 is 0 Å². The number of ether oxygens (including phenoxy) is 1. The van der Waals surface area contributed by atoms with Gasteiger partial charge in [-0.2, -0.15) is 0 Å². The first-order valence-electron chi connectivity index (χ1n) is 6.80. The lowest BCUT2D eigenvalue weighted by atomic mass is 9.98. The molecule has 0 bridgehead atoms. The Morgan fingerprint density at radius 2 is 1.90 bits per heavy atom. The Morgan fingerprint density at radius 1 is 1.15 bits per heavy atom. The van der Waals surface area contributed by atoms with Gasteiger partial charge in [-0.25, -0.2) is 4.39 Å². The van der Waals surface area contributed by atoms with Gasteiger partial charge in [0.15, 0.2) is 11.6 Å². The van der Waals surface area contributed by atoms with E-state index in [4.69, 9.17) is 4.74 Å². The quantitative estimate of drug-likeness (QED) is 0.882. The fraction of sp³-hybridized carbons (Fsp3) is 0.294. The Balaban J connectivity index is 2.38. The summed E-state index contributed by atoms with van der Waals surface area (Å²) in [7, 11) is 3.42. The van der Waals surface area contributed by atoms with Crippen molar-refractivity contribution < 1.29 is 9.13 Å². The van der Waals surface area contributed by atoms with Gasteiger partial charge in [-0.15, -0.1) is 0 Å². The molecule has 0 fully saturated rings. The smallest absolute Gasteiger partial charge is 0.165 e. The summed E-state index contributed by atoms with van der Waals surface area (Å²) in [6, 6.07) is 13.6. The zero-order valence-electron chi connectivity index (χ0n) is 12.1. The molecule has 20 heavy (non-hydrogen) atoms. The third-order valence-electron chi connectivity index (χ3n) is 3.53. The van der Waals surface area contributed by atoms with Crippen LogP contribution in [0.5, 0.6) is 5.75 Å². The predicted octanol–water partition coefficient (Wildman–Crippen LogP) is 4.17. The van der Waals surface area contributed by atoms with Gasteiger partial charge in [0.2, 0.25) is 0 Å². The van der Waals surface area contributed by atoms with Crippen molar-refractivity contribution in [2.24, 2.45) is 0 Å². The Kier molecular flexibility index (Phi) is 4.74. The van der Waals surface area contributed by atoms with Gasteiger partial charge in [0, 0.05) is 6.04 Å². The maximum Gasteiger partial charge on any atom is 0.165 e. The zero-order chi connectivity index (χ0) is 14.5. The number of hydrogen-bond donors (Lipinski definition) is 1. The Morgan fingerprint density at radius 3 is 2.50 bits per heavy atom. The Bertz CT molecular complexity index is 579. The molecule has 0 saturated heterocycles. The molecule has 3 heteroatoms. The van der Waals surface area contributed by atoms with Crippen LogP contribution in [0.1, 0.15) is 24.9 Å². The molecule has 0 saturated carbocycles. The van der Waals surface area contributed by atoms with Crippen LogP contribution in [-0.4, -0.2) is 14.2 Å². The summed E-state index contributed by atoms with van der Waals surface area (Å²) in [6.07, 6.45) is 1.01. The fourth-order valence-electron chi connectivity index (χ4n) is 2.39. The van der Waals surface area contributed by atoms with Gasteiger partial charge in [0.05, 0.1) is 7.11 Å². The molecule has 0 aliphatic heterocycles. The van der Waals surface area contributed by atoms with Gasteiger partial charge in [-0.1, -0.05) is 31.2 Å². The van der Waals surface area contributed by atoms with Crippen LogP contribution in [0.2, 0.25) is 0 Å². The van der Waals surface area contributed by atoms with Crippen LogP contribution in [0.3, 0.4) is 0 Å². The van der Waals surface area contributed by atoms with Gasteiger partial charge in [0.25, 0.3) is 0 Å². The highest BCUT2D eigenvalue weighted by Crippen LogP contribution is 2.28. The van der Waals surface area contributed by atoms with E-state index in [2.05, 4.69) is 24.4 Å². The van der Waals surface area contributed by atoms with Crippen molar-refractivity contribution in [1.82, 2.24) is 5.32 Å². The largest absolute Gasteiger partial charge is 0.494 e. The third kappa shape index (κ3) is 2.99. The van der Waals surface area contributed by atoms with Gasteiger partial charge in [0.1, 0.15) is 0 Å². The number of rotatable bonds is 5. The van der Waals surface area contributed by atoms with Crippen molar-refractivity contribution in [2.75, 3.05) is 14.2 Å². The first-order valence-corrected chi connectivity index (χ1v) is 6.80. The minimum Gasteiger partial charge on any atom is -0.494 e. The van der Waals surface area contributed by atoms with Gasteiger partial charge < -0.3 is 10.1 Å². The minimum atomic E-state index is -0.337. The molecule has 106 valence electrons. The van der Waals surface area contributed by atoms with Crippen molar-refractivity contribution in [1.29, 1.82) is 0 Å². The number of benzene rings is 2. The molecule has 2 aromatic carbocycles. The minimum absolute atomic E-state index is 0.270. The van der Waals surface area contributed by atoms with E-state index in [9.17, 15) is 4.39 Å². The van der Waals surface area contributed by atoms with Crippen molar-refractivity contribution in [2.45, 2.75) is 19.4 Å². The lowest BCUT2D eigenvalue weighted by molar-refractivity contribution is 0.386. The summed E-state index contributed by atoms with van der Waals surface area (Å²) < 4.78 is 18.7. The maximum absolute atomic E-state index is 13.8. The summed E-state index contributed by atoms with van der Waals surface area (Å²) >= 11 is 0. The molecule has 0 heterocycles. The lowest BCUT2D eigenvalue weighted by Gasteiger charge is -2.15. The first-order chi connectivity index (χ1) is 9.69. The number of hydrogen-bond acceptors (Lipinski definition) is 2. The SMILES string of the molecule is CCC(NC)c1cccc(-c2ccc(OC)c(F)c2)c1. The summed E-state index contributed by atoms with van der Waals surface area (Å²) in [6.45, 7) is 2.14. The molecular weight excluding hydrogens is 253 g/mol. The van der Waals surface area contributed by atoms with Crippen LogP contribution in [0.25, 0.3) is 11.1 Å². The number of nitrogens with one attached hydrogen (secondary N) is 1. The second kappa shape index (κ2) is 6.53. The highest BCUT2D eigenvalue weighted by Gasteiger charge is 2.09. The highest BCUT2D eigenvalue weighted by atomic mass is 19.1. The van der Waals surface area contributed by atoms with Crippen molar-refractivity contribution in [3.8, 4) is 16.9 Å². The lowest BCUT2D eigenvalue weighted by Crippen LogP contribution is -2.15. The molecule has 0 aliphatic carbocycles.